The molecule has 1 aromatic rings. The third-order valence-corrected chi connectivity index (χ3v) is 3.47. The smallest absolute Gasteiger partial charge is 0.209 e. The number of amides is 1. The number of aromatic nitrogens is 1. The van der Waals surface area contributed by atoms with E-state index >= 15 is 0 Å². The minimum absolute atomic E-state index is 0.349. The SMILES string of the molecule is Cc1ccc(CNCC2CCCCN2C=O)nc1. The molecule has 0 aliphatic carbocycles. The fourth-order valence-electron chi connectivity index (χ4n) is 2.35. The summed E-state index contributed by atoms with van der Waals surface area (Å²) < 4.78 is 0. The Balaban J connectivity index is 1.77. The standard InChI is InChI=1S/C14H21N3O/c1-12-5-6-13(16-8-12)9-15-10-14-4-2-3-7-17(14)11-18/h5-6,8,11,14-15H,2-4,7,9-10H2,1H3. The van der Waals surface area contributed by atoms with E-state index in [2.05, 4.69) is 16.4 Å². The number of aryl methyl sites for hydroxylation is 1. The highest BCUT2D eigenvalue weighted by atomic mass is 16.1. The zero-order valence-corrected chi connectivity index (χ0v) is 10.9. The second kappa shape index (κ2) is 6.50. The summed E-state index contributed by atoms with van der Waals surface area (Å²) in [5.41, 5.74) is 2.23. The fraction of sp³-hybridized carbons (Fsp3) is 0.571. The van der Waals surface area contributed by atoms with Gasteiger partial charge in [0, 0.05) is 31.9 Å². The summed E-state index contributed by atoms with van der Waals surface area (Å²) >= 11 is 0. The Morgan fingerprint density at radius 1 is 1.50 bits per heavy atom. The van der Waals surface area contributed by atoms with Gasteiger partial charge in [0.1, 0.15) is 0 Å². The van der Waals surface area contributed by atoms with Gasteiger partial charge in [-0.25, -0.2) is 0 Å². The summed E-state index contributed by atoms with van der Waals surface area (Å²) in [7, 11) is 0. The van der Waals surface area contributed by atoms with Crippen molar-refractivity contribution in [1.82, 2.24) is 15.2 Å². The molecule has 1 aliphatic heterocycles. The molecule has 18 heavy (non-hydrogen) atoms. The van der Waals surface area contributed by atoms with Gasteiger partial charge in [-0.15, -0.1) is 0 Å². The second-order valence-corrected chi connectivity index (χ2v) is 4.95. The number of hydrogen-bond acceptors (Lipinski definition) is 3. The fourth-order valence-corrected chi connectivity index (χ4v) is 2.35. The lowest BCUT2D eigenvalue weighted by Gasteiger charge is -2.32. The van der Waals surface area contributed by atoms with Gasteiger partial charge in [0.25, 0.3) is 0 Å². The minimum atomic E-state index is 0.349. The van der Waals surface area contributed by atoms with Gasteiger partial charge in [-0.1, -0.05) is 6.07 Å². The Kier molecular flexibility index (Phi) is 4.70. The lowest BCUT2D eigenvalue weighted by Crippen LogP contribution is -2.44. The quantitative estimate of drug-likeness (QED) is 0.802. The molecule has 2 heterocycles. The highest BCUT2D eigenvalue weighted by Gasteiger charge is 2.19. The van der Waals surface area contributed by atoms with Crippen molar-refractivity contribution in [2.24, 2.45) is 0 Å². The number of rotatable bonds is 5. The Morgan fingerprint density at radius 3 is 3.11 bits per heavy atom. The van der Waals surface area contributed by atoms with Crippen LogP contribution in [0.25, 0.3) is 0 Å². The van der Waals surface area contributed by atoms with Crippen LogP contribution in [0.3, 0.4) is 0 Å². The number of nitrogens with zero attached hydrogens (tertiary/aromatic N) is 2. The van der Waals surface area contributed by atoms with Crippen molar-refractivity contribution >= 4 is 6.41 Å². The summed E-state index contributed by atoms with van der Waals surface area (Å²) in [6, 6.07) is 4.46. The van der Waals surface area contributed by atoms with Crippen molar-refractivity contribution in [3.63, 3.8) is 0 Å². The Labute approximate surface area is 108 Å². The predicted octanol–water partition coefficient (Wildman–Crippen LogP) is 1.49. The van der Waals surface area contributed by atoms with Crippen LogP contribution in [0, 0.1) is 6.92 Å². The first kappa shape index (κ1) is 13.0. The number of hydrogen-bond donors (Lipinski definition) is 1. The molecule has 1 aliphatic rings. The van der Waals surface area contributed by atoms with Gasteiger partial charge in [0.2, 0.25) is 6.41 Å². The highest BCUT2D eigenvalue weighted by Crippen LogP contribution is 2.14. The Hall–Kier alpha value is -1.42. The summed E-state index contributed by atoms with van der Waals surface area (Å²) in [6.45, 7) is 4.56. The van der Waals surface area contributed by atoms with E-state index in [0.717, 1.165) is 44.6 Å². The van der Waals surface area contributed by atoms with Crippen molar-refractivity contribution in [2.45, 2.75) is 38.8 Å². The number of nitrogens with one attached hydrogen (secondary N) is 1. The van der Waals surface area contributed by atoms with Crippen LogP contribution in [0.2, 0.25) is 0 Å². The van der Waals surface area contributed by atoms with E-state index < -0.39 is 0 Å². The molecule has 4 nitrogen and oxygen atoms in total. The summed E-state index contributed by atoms with van der Waals surface area (Å²) in [5, 5.41) is 3.39. The molecular weight excluding hydrogens is 226 g/mol. The molecule has 1 unspecified atom stereocenters. The monoisotopic (exact) mass is 247 g/mol. The Bertz CT molecular complexity index is 377. The summed E-state index contributed by atoms with van der Waals surface area (Å²) in [5.74, 6) is 0. The predicted molar refractivity (Wildman–Crippen MR) is 71.1 cm³/mol. The van der Waals surface area contributed by atoms with Crippen LogP contribution in [0.15, 0.2) is 18.3 Å². The average molecular weight is 247 g/mol. The molecule has 4 heteroatoms. The molecule has 0 spiro atoms. The molecule has 1 aromatic heterocycles. The zero-order chi connectivity index (χ0) is 12.8. The van der Waals surface area contributed by atoms with Crippen LogP contribution < -0.4 is 5.32 Å². The van der Waals surface area contributed by atoms with Gasteiger partial charge >= 0.3 is 0 Å². The first-order valence-corrected chi connectivity index (χ1v) is 6.63. The molecular formula is C14H21N3O. The third kappa shape index (κ3) is 3.53. The highest BCUT2D eigenvalue weighted by molar-refractivity contribution is 5.48. The van der Waals surface area contributed by atoms with E-state index in [9.17, 15) is 4.79 Å². The largest absolute Gasteiger partial charge is 0.341 e. The molecule has 1 atom stereocenters. The van der Waals surface area contributed by atoms with Crippen LogP contribution in [0.4, 0.5) is 0 Å². The van der Waals surface area contributed by atoms with Crippen LogP contribution >= 0.6 is 0 Å². The molecule has 1 N–H and O–H groups in total. The molecule has 0 bridgehead atoms. The van der Waals surface area contributed by atoms with Crippen molar-refractivity contribution in [1.29, 1.82) is 0 Å². The van der Waals surface area contributed by atoms with Crippen molar-refractivity contribution < 1.29 is 4.79 Å². The first-order valence-electron chi connectivity index (χ1n) is 6.63. The molecule has 0 saturated carbocycles. The van der Waals surface area contributed by atoms with E-state index in [-0.39, 0.29) is 0 Å². The second-order valence-electron chi connectivity index (χ2n) is 4.95. The molecule has 0 radical (unpaired) electrons. The normalized spacial score (nSPS) is 19.8. The lowest BCUT2D eigenvalue weighted by atomic mass is 10.0. The van der Waals surface area contributed by atoms with Crippen molar-refractivity contribution in [2.75, 3.05) is 13.1 Å². The lowest BCUT2D eigenvalue weighted by molar-refractivity contribution is -0.121. The maximum Gasteiger partial charge on any atom is 0.209 e. The van der Waals surface area contributed by atoms with Crippen LogP contribution in [-0.2, 0) is 11.3 Å². The van der Waals surface area contributed by atoms with Gasteiger partial charge in [0.05, 0.1) is 5.69 Å². The van der Waals surface area contributed by atoms with Crippen LogP contribution in [-0.4, -0.2) is 35.4 Å². The number of pyridine rings is 1. The molecule has 0 aromatic carbocycles. The van der Waals surface area contributed by atoms with Crippen molar-refractivity contribution in [3.8, 4) is 0 Å². The molecule has 2 rings (SSSR count). The zero-order valence-electron chi connectivity index (χ0n) is 10.9. The number of piperidine rings is 1. The van der Waals surface area contributed by atoms with Crippen molar-refractivity contribution in [3.05, 3.63) is 29.6 Å². The molecule has 1 saturated heterocycles. The number of likely N-dealkylation sites (tertiary alicyclic amines) is 1. The topological polar surface area (TPSA) is 45.2 Å². The van der Waals surface area contributed by atoms with Gasteiger partial charge in [0.15, 0.2) is 0 Å². The number of carbonyl (C=O) groups is 1. The van der Waals surface area contributed by atoms with E-state index in [1.54, 1.807) is 0 Å². The molecule has 98 valence electrons. The van der Waals surface area contributed by atoms with Gasteiger partial charge < -0.3 is 10.2 Å². The van der Waals surface area contributed by atoms with E-state index in [1.807, 2.05) is 24.1 Å². The summed E-state index contributed by atoms with van der Waals surface area (Å²) in [4.78, 5) is 17.2. The van der Waals surface area contributed by atoms with E-state index in [1.165, 1.54) is 12.0 Å². The maximum absolute atomic E-state index is 10.9. The van der Waals surface area contributed by atoms with Gasteiger partial charge in [-0.2, -0.15) is 0 Å². The third-order valence-electron chi connectivity index (χ3n) is 3.47. The summed E-state index contributed by atoms with van der Waals surface area (Å²) in [6.07, 6.45) is 6.33. The van der Waals surface area contributed by atoms with E-state index in [4.69, 9.17) is 0 Å². The average Bonchev–Trinajstić information content (AvgIpc) is 2.41. The van der Waals surface area contributed by atoms with Gasteiger partial charge in [-0.05, 0) is 37.8 Å². The molecule has 1 fully saturated rings. The number of carbonyl (C=O) groups excluding carboxylic acids is 1. The van der Waals surface area contributed by atoms with Crippen LogP contribution in [0.5, 0.6) is 0 Å². The Morgan fingerprint density at radius 2 is 2.39 bits per heavy atom. The van der Waals surface area contributed by atoms with Gasteiger partial charge in [-0.3, -0.25) is 9.78 Å². The minimum Gasteiger partial charge on any atom is -0.341 e. The molecule has 1 amide bonds. The van der Waals surface area contributed by atoms with E-state index in [0.29, 0.717) is 6.04 Å². The van der Waals surface area contributed by atoms with Crippen LogP contribution in [0.1, 0.15) is 30.5 Å². The maximum atomic E-state index is 10.9. The first-order chi connectivity index (χ1) is 8.79.